The third-order valence-electron chi connectivity index (χ3n) is 5.14. The van der Waals surface area contributed by atoms with Crippen molar-refractivity contribution in [3.8, 4) is 0 Å². The van der Waals surface area contributed by atoms with Gasteiger partial charge in [-0.25, -0.2) is 4.79 Å². The number of benzene rings is 2. The van der Waals surface area contributed by atoms with Crippen molar-refractivity contribution in [2.75, 3.05) is 25.8 Å². The maximum Gasteiger partial charge on any atom is 0.340 e. The molecule has 38 heavy (non-hydrogen) atoms. The van der Waals surface area contributed by atoms with Crippen molar-refractivity contribution >= 4 is 31.3 Å². The molecule has 0 bridgehead atoms. The number of carboxylic acid groups (broad SMARTS) is 1. The quantitative estimate of drug-likeness (QED) is 0.143. The smallest absolute Gasteiger partial charge is 0.340 e. The van der Waals surface area contributed by atoms with Crippen molar-refractivity contribution in [1.82, 2.24) is 16.0 Å². The van der Waals surface area contributed by atoms with Gasteiger partial charge in [0.1, 0.15) is 12.2 Å². The minimum atomic E-state index is -3.83. The lowest BCUT2D eigenvalue weighted by atomic mass is 10.1. The molecule has 0 heterocycles. The SMILES string of the molecule is NCC(=O)NCC(=O)NC(CCCNC(=O)CP(=O)(OCc1ccccc1)OCc1ccccc1)C(=O)O. The van der Waals surface area contributed by atoms with Gasteiger partial charge in [0.25, 0.3) is 0 Å². The van der Waals surface area contributed by atoms with Crippen LogP contribution >= 0.6 is 7.60 Å². The highest BCUT2D eigenvalue weighted by atomic mass is 31.2. The molecule has 2 aromatic rings. The molecule has 0 saturated carbocycles. The summed E-state index contributed by atoms with van der Waals surface area (Å²) in [5, 5.41) is 16.5. The van der Waals surface area contributed by atoms with E-state index < -0.39 is 50.0 Å². The van der Waals surface area contributed by atoms with Crippen molar-refractivity contribution in [2.45, 2.75) is 32.1 Å². The van der Waals surface area contributed by atoms with Crippen LogP contribution in [0.5, 0.6) is 0 Å². The zero-order chi connectivity index (χ0) is 27.8. The fourth-order valence-electron chi connectivity index (χ4n) is 3.14. The van der Waals surface area contributed by atoms with Crippen LogP contribution in [0.4, 0.5) is 0 Å². The molecular weight excluding hydrogens is 515 g/mol. The summed E-state index contributed by atoms with van der Waals surface area (Å²) in [7, 11) is -3.83. The van der Waals surface area contributed by atoms with E-state index >= 15 is 0 Å². The van der Waals surface area contributed by atoms with Crippen LogP contribution < -0.4 is 21.7 Å². The number of hydrogen-bond acceptors (Lipinski definition) is 8. The van der Waals surface area contributed by atoms with Gasteiger partial charge in [-0.15, -0.1) is 0 Å². The standard InChI is InChI=1S/C25H33N4O8P/c26-14-22(30)28-15-23(31)29-21(25(33)34)12-7-13-27-24(32)18-38(35,36-16-19-8-3-1-4-9-19)37-17-20-10-5-2-6-11-20/h1-6,8-11,21H,7,12-18,26H2,(H,27,32)(H,28,30)(H,29,31)(H,33,34). The lowest BCUT2D eigenvalue weighted by Gasteiger charge is -2.19. The molecule has 0 aliphatic rings. The Balaban J connectivity index is 1.85. The molecule has 1 atom stereocenters. The molecule has 0 saturated heterocycles. The second-order valence-electron chi connectivity index (χ2n) is 8.22. The third-order valence-corrected chi connectivity index (χ3v) is 6.85. The summed E-state index contributed by atoms with van der Waals surface area (Å²) >= 11 is 0. The van der Waals surface area contributed by atoms with Gasteiger partial charge in [0.2, 0.25) is 17.7 Å². The van der Waals surface area contributed by atoms with Gasteiger partial charge in [-0.3, -0.25) is 18.9 Å². The molecule has 2 rings (SSSR count). The van der Waals surface area contributed by atoms with Gasteiger partial charge in [0.15, 0.2) is 0 Å². The predicted molar refractivity (Wildman–Crippen MR) is 139 cm³/mol. The van der Waals surface area contributed by atoms with Gasteiger partial charge in [0, 0.05) is 6.54 Å². The molecule has 0 fully saturated rings. The summed E-state index contributed by atoms with van der Waals surface area (Å²) < 4.78 is 24.6. The Morgan fingerprint density at radius 1 is 0.842 bits per heavy atom. The number of carboxylic acids is 1. The Kier molecular flexibility index (Phi) is 13.2. The van der Waals surface area contributed by atoms with Gasteiger partial charge in [0.05, 0.1) is 26.3 Å². The van der Waals surface area contributed by atoms with Gasteiger partial charge < -0.3 is 35.8 Å². The normalized spacial score (nSPS) is 11.8. The monoisotopic (exact) mass is 548 g/mol. The molecule has 1 unspecified atom stereocenters. The number of carbonyl (C=O) groups excluding carboxylic acids is 3. The number of rotatable bonds is 17. The topological polar surface area (TPSA) is 186 Å². The van der Waals surface area contributed by atoms with Gasteiger partial charge >= 0.3 is 13.6 Å². The number of carbonyl (C=O) groups is 4. The third kappa shape index (κ3) is 12.1. The van der Waals surface area contributed by atoms with Crippen LogP contribution in [0.15, 0.2) is 60.7 Å². The second kappa shape index (κ2) is 16.3. The Bertz CT molecular complexity index is 1050. The zero-order valence-corrected chi connectivity index (χ0v) is 21.7. The fraction of sp³-hybridized carbons (Fsp3) is 0.360. The van der Waals surface area contributed by atoms with Gasteiger partial charge in [-0.05, 0) is 24.0 Å². The zero-order valence-electron chi connectivity index (χ0n) is 20.8. The molecule has 206 valence electrons. The fourth-order valence-corrected chi connectivity index (χ4v) is 4.55. The number of nitrogens with one attached hydrogen (secondary N) is 3. The lowest BCUT2D eigenvalue weighted by Crippen LogP contribution is -2.46. The van der Waals surface area contributed by atoms with E-state index in [0.29, 0.717) is 0 Å². The molecule has 0 aromatic heterocycles. The van der Waals surface area contributed by atoms with Crippen LogP contribution in [0.25, 0.3) is 0 Å². The Hall–Kier alpha value is -3.57. The molecule has 12 nitrogen and oxygen atoms in total. The minimum Gasteiger partial charge on any atom is -0.480 e. The summed E-state index contributed by atoms with van der Waals surface area (Å²) in [6, 6.07) is 16.9. The van der Waals surface area contributed by atoms with E-state index in [2.05, 4.69) is 16.0 Å². The number of hydrogen-bond donors (Lipinski definition) is 5. The molecule has 13 heteroatoms. The molecule has 0 radical (unpaired) electrons. The first kappa shape index (κ1) is 30.7. The van der Waals surface area contributed by atoms with E-state index in [9.17, 15) is 28.8 Å². The summed E-state index contributed by atoms with van der Waals surface area (Å²) in [5.74, 6) is -3.08. The highest BCUT2D eigenvalue weighted by Gasteiger charge is 2.29. The summed E-state index contributed by atoms with van der Waals surface area (Å²) in [6.07, 6.45) is -0.302. The first-order valence-electron chi connectivity index (χ1n) is 11.9. The maximum atomic E-state index is 13.4. The van der Waals surface area contributed by atoms with Crippen LogP contribution in [0, 0.1) is 0 Å². The molecule has 6 N–H and O–H groups in total. The van der Waals surface area contributed by atoms with Crippen LogP contribution in [0.3, 0.4) is 0 Å². The van der Waals surface area contributed by atoms with Crippen LogP contribution in [-0.4, -0.2) is 60.6 Å². The van der Waals surface area contributed by atoms with E-state index in [1.807, 2.05) is 36.4 Å². The number of aliphatic carboxylic acids is 1. The number of nitrogens with two attached hydrogens (primary N) is 1. The first-order valence-corrected chi connectivity index (χ1v) is 13.6. The molecule has 2 aromatic carbocycles. The average molecular weight is 549 g/mol. The molecular formula is C25H33N4O8P. The van der Waals surface area contributed by atoms with E-state index in [1.54, 1.807) is 24.3 Å². The van der Waals surface area contributed by atoms with Gasteiger partial charge in [-0.1, -0.05) is 60.7 Å². The van der Waals surface area contributed by atoms with Gasteiger partial charge in [-0.2, -0.15) is 0 Å². The summed E-state index contributed by atoms with van der Waals surface area (Å²) in [5.41, 5.74) is 6.66. The van der Waals surface area contributed by atoms with Crippen LogP contribution in [0.1, 0.15) is 24.0 Å². The molecule has 0 aliphatic heterocycles. The average Bonchev–Trinajstić information content (AvgIpc) is 2.92. The lowest BCUT2D eigenvalue weighted by molar-refractivity contribution is -0.141. The van der Waals surface area contributed by atoms with Crippen LogP contribution in [-0.2, 0) is 46.0 Å². The Morgan fingerprint density at radius 3 is 1.89 bits per heavy atom. The summed E-state index contributed by atoms with van der Waals surface area (Å²) in [6.45, 7) is -0.647. The van der Waals surface area contributed by atoms with Crippen LogP contribution in [0.2, 0.25) is 0 Å². The first-order chi connectivity index (χ1) is 18.2. The van der Waals surface area contributed by atoms with E-state index in [-0.39, 0.29) is 39.1 Å². The highest BCUT2D eigenvalue weighted by molar-refractivity contribution is 7.54. The maximum absolute atomic E-state index is 13.4. The number of amides is 3. The van der Waals surface area contributed by atoms with E-state index in [0.717, 1.165) is 11.1 Å². The van der Waals surface area contributed by atoms with Crippen molar-refractivity contribution < 1.29 is 37.9 Å². The molecule has 0 spiro atoms. The van der Waals surface area contributed by atoms with Crippen molar-refractivity contribution in [1.29, 1.82) is 0 Å². The second-order valence-corrected chi connectivity index (χ2v) is 10.3. The van der Waals surface area contributed by atoms with Crippen molar-refractivity contribution in [2.24, 2.45) is 5.73 Å². The molecule has 0 aliphatic carbocycles. The minimum absolute atomic E-state index is 0.00802. The Labute approximate surface area is 220 Å². The highest BCUT2D eigenvalue weighted by Crippen LogP contribution is 2.49. The van der Waals surface area contributed by atoms with Crippen molar-refractivity contribution in [3.05, 3.63) is 71.8 Å². The summed E-state index contributed by atoms with van der Waals surface area (Å²) in [4.78, 5) is 46.9. The molecule has 3 amide bonds. The van der Waals surface area contributed by atoms with Crippen molar-refractivity contribution in [3.63, 3.8) is 0 Å². The Morgan fingerprint density at radius 2 is 1.39 bits per heavy atom. The van der Waals surface area contributed by atoms with E-state index in [1.165, 1.54) is 0 Å². The largest absolute Gasteiger partial charge is 0.480 e. The predicted octanol–water partition coefficient (Wildman–Crippen LogP) is 1.15. The van der Waals surface area contributed by atoms with E-state index in [4.69, 9.17) is 14.8 Å².